The van der Waals surface area contributed by atoms with Crippen molar-refractivity contribution in [3.63, 3.8) is 0 Å². The van der Waals surface area contributed by atoms with Gasteiger partial charge in [-0.25, -0.2) is 9.38 Å². The molecule has 1 saturated heterocycles. The first-order valence-electron chi connectivity index (χ1n) is 7.68. The Hall–Kier alpha value is -1.92. The molecule has 2 aromatic carbocycles. The highest BCUT2D eigenvalue weighted by Crippen LogP contribution is 2.36. The molecule has 2 aromatic rings. The van der Waals surface area contributed by atoms with Crippen molar-refractivity contribution in [1.29, 1.82) is 0 Å². The van der Waals surface area contributed by atoms with E-state index in [2.05, 4.69) is 48.8 Å². The van der Waals surface area contributed by atoms with Crippen molar-refractivity contribution in [3.8, 4) is 5.75 Å². The molecule has 1 fully saturated rings. The minimum atomic E-state index is -1.36. The number of hydrogen-bond donors (Lipinski definition) is 1. The molecular weight excluding hydrogens is 566 g/mol. The fourth-order valence-corrected chi connectivity index (χ4v) is 4.72. The highest BCUT2D eigenvalue weighted by Gasteiger charge is 2.24. The van der Waals surface area contributed by atoms with Crippen molar-refractivity contribution in [2.75, 3.05) is 6.61 Å². The van der Waals surface area contributed by atoms with Gasteiger partial charge in [0.05, 0.1) is 21.0 Å². The van der Waals surface area contributed by atoms with E-state index < -0.39 is 12.6 Å². The van der Waals surface area contributed by atoms with Gasteiger partial charge in [0.15, 0.2) is 5.17 Å². The van der Waals surface area contributed by atoms with Crippen LogP contribution in [0.5, 0.6) is 5.75 Å². The van der Waals surface area contributed by atoms with Gasteiger partial charge in [0.25, 0.3) is 5.91 Å². The number of rotatable bonds is 5. The van der Waals surface area contributed by atoms with E-state index in [9.17, 15) is 19.1 Å². The number of benzene rings is 2. The summed E-state index contributed by atoms with van der Waals surface area (Å²) >= 11 is 6.55. The lowest BCUT2D eigenvalue weighted by molar-refractivity contribution is -0.307. The van der Waals surface area contributed by atoms with Crippen LogP contribution in [-0.2, 0) is 9.59 Å². The number of nitrogens with zero attached hydrogens (tertiary/aromatic N) is 1. The molecule has 0 unspecified atom stereocenters. The number of amidine groups is 1. The number of halogens is 3. The zero-order chi connectivity index (χ0) is 20.3. The average molecular weight is 576 g/mol. The summed E-state index contributed by atoms with van der Waals surface area (Å²) in [6.07, 6.45) is 1.59. The van der Waals surface area contributed by atoms with Crippen LogP contribution < -0.4 is 15.2 Å². The molecule has 0 radical (unpaired) electrons. The molecule has 0 bridgehead atoms. The van der Waals surface area contributed by atoms with Gasteiger partial charge >= 0.3 is 0 Å². The Bertz CT molecular complexity index is 1010. The molecule has 1 aliphatic heterocycles. The number of nitrogens with one attached hydrogen (secondary N) is 1. The minimum absolute atomic E-state index is 0.287. The normalized spacial score (nSPS) is 16.5. The summed E-state index contributed by atoms with van der Waals surface area (Å²) < 4.78 is 19.7. The number of carbonyl (C=O) groups excluding carboxylic acids is 2. The van der Waals surface area contributed by atoms with Crippen molar-refractivity contribution in [1.82, 2.24) is 5.32 Å². The molecule has 10 heteroatoms. The SMILES string of the molecule is O=C([O-])COc1c(Br)cc(I)cc1/C=C1/SC(=Nc2ccc(F)cc2)NC1=O. The van der Waals surface area contributed by atoms with Crippen molar-refractivity contribution < 1.29 is 23.8 Å². The van der Waals surface area contributed by atoms with Crippen LogP contribution in [0.2, 0.25) is 0 Å². The minimum Gasteiger partial charge on any atom is -0.546 e. The van der Waals surface area contributed by atoms with Crippen molar-refractivity contribution >= 4 is 79.1 Å². The lowest BCUT2D eigenvalue weighted by Crippen LogP contribution is -2.29. The van der Waals surface area contributed by atoms with Crippen molar-refractivity contribution in [2.45, 2.75) is 0 Å². The lowest BCUT2D eigenvalue weighted by atomic mass is 10.2. The van der Waals surface area contributed by atoms with Crippen LogP contribution in [-0.4, -0.2) is 23.7 Å². The number of carboxylic acid groups (broad SMARTS) is 1. The molecule has 1 N–H and O–H groups in total. The first kappa shape index (κ1) is 20.8. The summed E-state index contributed by atoms with van der Waals surface area (Å²) in [6, 6.07) is 9.07. The van der Waals surface area contributed by atoms with Crippen LogP contribution in [0.25, 0.3) is 6.08 Å². The summed E-state index contributed by atoms with van der Waals surface area (Å²) in [5.74, 6) is -1.80. The summed E-state index contributed by atoms with van der Waals surface area (Å²) in [7, 11) is 0. The predicted octanol–water partition coefficient (Wildman–Crippen LogP) is 3.21. The fraction of sp³-hybridized carbons (Fsp3) is 0.0556. The van der Waals surface area contributed by atoms with E-state index in [-0.39, 0.29) is 17.5 Å². The first-order valence-corrected chi connectivity index (χ1v) is 10.4. The highest BCUT2D eigenvalue weighted by atomic mass is 127. The quantitative estimate of drug-likeness (QED) is 0.437. The second kappa shape index (κ2) is 9.05. The van der Waals surface area contributed by atoms with Crippen LogP contribution in [0.3, 0.4) is 0 Å². The summed E-state index contributed by atoms with van der Waals surface area (Å²) in [6.45, 7) is -0.619. The van der Waals surface area contributed by atoms with E-state index in [0.29, 0.717) is 25.8 Å². The maximum atomic E-state index is 13.0. The Labute approximate surface area is 185 Å². The maximum absolute atomic E-state index is 13.0. The number of carboxylic acids is 1. The van der Waals surface area contributed by atoms with Gasteiger partial charge in [-0.05, 0) is 92.8 Å². The van der Waals surface area contributed by atoms with Crippen LogP contribution in [0.1, 0.15) is 5.56 Å². The van der Waals surface area contributed by atoms with Crippen LogP contribution >= 0.6 is 50.3 Å². The molecule has 0 spiro atoms. The largest absolute Gasteiger partial charge is 0.546 e. The van der Waals surface area contributed by atoms with Gasteiger partial charge in [0, 0.05) is 9.13 Å². The Kier molecular flexibility index (Phi) is 6.73. The van der Waals surface area contributed by atoms with Gasteiger partial charge in [0.1, 0.15) is 18.2 Å². The van der Waals surface area contributed by atoms with Gasteiger partial charge in [-0.15, -0.1) is 0 Å². The van der Waals surface area contributed by atoms with Gasteiger partial charge in [0.2, 0.25) is 0 Å². The summed E-state index contributed by atoms with van der Waals surface area (Å²) in [5.41, 5.74) is 1.03. The maximum Gasteiger partial charge on any atom is 0.264 e. The third-order valence-corrected chi connectivity index (χ3v) is 5.49. The van der Waals surface area contributed by atoms with Crippen LogP contribution in [0.4, 0.5) is 10.1 Å². The van der Waals surface area contributed by atoms with E-state index in [1.165, 1.54) is 24.3 Å². The van der Waals surface area contributed by atoms with Gasteiger partial charge < -0.3 is 20.0 Å². The third-order valence-electron chi connectivity index (χ3n) is 3.37. The molecule has 28 heavy (non-hydrogen) atoms. The third kappa shape index (κ3) is 5.32. The molecule has 0 aromatic heterocycles. The first-order chi connectivity index (χ1) is 13.3. The smallest absolute Gasteiger partial charge is 0.264 e. The average Bonchev–Trinajstić information content (AvgIpc) is 2.95. The zero-order valence-corrected chi connectivity index (χ0v) is 18.4. The Morgan fingerprint density at radius 1 is 1.36 bits per heavy atom. The lowest BCUT2D eigenvalue weighted by Gasteiger charge is -2.12. The standard InChI is InChI=1S/C18H11BrFIN2O4S/c19-13-7-11(21)5-9(16(13)27-8-15(24)25)6-14-17(26)23-18(28-14)22-12-3-1-10(20)2-4-12/h1-7H,8H2,(H,24,25)(H,22,23,26)/p-1/b14-6+. The Morgan fingerprint density at radius 2 is 2.07 bits per heavy atom. The van der Waals surface area contributed by atoms with Gasteiger partial charge in [-0.2, -0.15) is 0 Å². The fourth-order valence-electron chi connectivity index (χ4n) is 2.23. The highest BCUT2D eigenvalue weighted by molar-refractivity contribution is 14.1. The molecule has 3 rings (SSSR count). The summed E-state index contributed by atoms with van der Waals surface area (Å²) in [5, 5.41) is 13.7. The number of amides is 1. The zero-order valence-electron chi connectivity index (χ0n) is 13.9. The molecule has 1 aliphatic rings. The second-order valence-electron chi connectivity index (χ2n) is 5.42. The number of ether oxygens (including phenoxy) is 1. The van der Waals surface area contributed by atoms with Crippen LogP contribution in [0.15, 0.2) is 50.8 Å². The van der Waals surface area contributed by atoms with E-state index in [0.717, 1.165) is 15.3 Å². The van der Waals surface area contributed by atoms with Gasteiger partial charge in [-0.1, -0.05) is 0 Å². The van der Waals surface area contributed by atoms with E-state index >= 15 is 0 Å². The molecule has 0 saturated carbocycles. The topological polar surface area (TPSA) is 90.8 Å². The Balaban J connectivity index is 1.90. The number of aliphatic imine (C=N–C) groups is 1. The number of carbonyl (C=O) groups is 2. The van der Waals surface area contributed by atoms with Crippen LogP contribution in [0, 0.1) is 9.39 Å². The molecule has 1 heterocycles. The molecule has 144 valence electrons. The second-order valence-corrected chi connectivity index (χ2v) is 8.56. The van der Waals surface area contributed by atoms with E-state index in [4.69, 9.17) is 4.74 Å². The summed E-state index contributed by atoms with van der Waals surface area (Å²) in [4.78, 5) is 27.6. The molecule has 0 aliphatic carbocycles. The monoisotopic (exact) mass is 575 g/mol. The number of aliphatic carboxylic acids is 1. The molecular formula is C18H10BrFIN2O4S-. The molecule has 1 amide bonds. The Morgan fingerprint density at radius 3 is 2.75 bits per heavy atom. The van der Waals surface area contributed by atoms with Crippen molar-refractivity contribution in [2.24, 2.45) is 4.99 Å². The van der Waals surface area contributed by atoms with Gasteiger partial charge in [-0.3, -0.25) is 4.79 Å². The molecule has 6 nitrogen and oxygen atoms in total. The predicted molar refractivity (Wildman–Crippen MR) is 115 cm³/mol. The number of thioether (sulfide) groups is 1. The number of hydrogen-bond acceptors (Lipinski definition) is 6. The molecule has 0 atom stereocenters. The van der Waals surface area contributed by atoms with E-state index in [1.807, 2.05) is 0 Å². The van der Waals surface area contributed by atoms with E-state index in [1.54, 1.807) is 18.2 Å². The van der Waals surface area contributed by atoms with Crippen molar-refractivity contribution in [3.05, 3.63) is 60.7 Å².